The van der Waals surface area contributed by atoms with E-state index in [1.54, 1.807) is 6.07 Å². The molecule has 0 spiro atoms. The summed E-state index contributed by atoms with van der Waals surface area (Å²) in [5, 5.41) is 15.2. The summed E-state index contributed by atoms with van der Waals surface area (Å²) in [5.74, 6) is -0.213. The summed E-state index contributed by atoms with van der Waals surface area (Å²) in [6, 6.07) is 9.31. The fraction of sp³-hybridized carbons (Fsp3) is 0.222. The van der Waals surface area contributed by atoms with Crippen molar-refractivity contribution in [1.82, 2.24) is 5.32 Å². The molecule has 6 heteroatoms. The quantitative estimate of drug-likeness (QED) is 0.711. The van der Waals surface area contributed by atoms with Crippen molar-refractivity contribution in [3.05, 3.63) is 53.1 Å². The van der Waals surface area contributed by atoms with E-state index in [1.165, 1.54) is 19.2 Å². The molecule has 0 fully saturated rings. The van der Waals surface area contributed by atoms with Crippen molar-refractivity contribution >= 4 is 18.0 Å². The number of carbonyl (C=O) groups excluding carboxylic acids is 2. The molecule has 0 aliphatic rings. The maximum Gasteiger partial charge on any atom is 0.251 e. The maximum atomic E-state index is 12.6. The normalized spacial score (nSPS) is 11.5. The predicted octanol–water partition coefficient (Wildman–Crippen LogP) is 2.44. The molecule has 0 saturated heterocycles. The Bertz CT molecular complexity index is 738. The second-order valence-electron chi connectivity index (χ2n) is 5.40. The van der Waals surface area contributed by atoms with Crippen molar-refractivity contribution in [3.63, 3.8) is 0 Å². The third-order valence-corrected chi connectivity index (χ3v) is 3.76. The Balaban J connectivity index is 2.31. The number of para-hydroxylation sites is 1. The second-order valence-corrected chi connectivity index (χ2v) is 5.40. The van der Waals surface area contributed by atoms with Crippen LogP contribution < -0.4 is 15.4 Å². The van der Waals surface area contributed by atoms with Crippen molar-refractivity contribution in [2.75, 3.05) is 12.4 Å². The number of methoxy groups -OCH3 is 1. The van der Waals surface area contributed by atoms with Gasteiger partial charge in [-0.2, -0.15) is 0 Å². The summed E-state index contributed by atoms with van der Waals surface area (Å²) in [7, 11) is 1.43. The van der Waals surface area contributed by atoms with Crippen LogP contribution in [0.25, 0.3) is 0 Å². The molecule has 2 rings (SSSR count). The molecule has 0 aliphatic heterocycles. The average molecular weight is 328 g/mol. The van der Waals surface area contributed by atoms with Gasteiger partial charge in [-0.3, -0.25) is 9.59 Å². The van der Waals surface area contributed by atoms with Crippen molar-refractivity contribution in [2.24, 2.45) is 0 Å². The number of nitrogens with one attached hydrogen (secondary N) is 2. The van der Waals surface area contributed by atoms with E-state index < -0.39 is 11.9 Å². The number of phenolic OH excluding ortho intramolecular Hbond substituents is 1. The van der Waals surface area contributed by atoms with Gasteiger partial charge in [0.2, 0.25) is 6.41 Å². The monoisotopic (exact) mass is 328 g/mol. The zero-order chi connectivity index (χ0) is 17.7. The molecule has 1 unspecified atom stereocenters. The lowest BCUT2D eigenvalue weighted by molar-refractivity contribution is -0.121. The molecule has 0 heterocycles. The highest BCUT2D eigenvalue weighted by atomic mass is 16.5. The minimum absolute atomic E-state index is 0.104. The van der Waals surface area contributed by atoms with Crippen LogP contribution >= 0.6 is 0 Å². The highest BCUT2D eigenvalue weighted by Crippen LogP contribution is 2.29. The number of benzene rings is 2. The zero-order valence-electron chi connectivity index (χ0n) is 13.8. The molecule has 1 atom stereocenters. The molecular weight excluding hydrogens is 308 g/mol. The minimum Gasteiger partial charge on any atom is -0.504 e. The molecule has 2 aromatic rings. The number of aromatic hydroxyl groups is 1. The molecule has 6 nitrogen and oxygen atoms in total. The van der Waals surface area contributed by atoms with Crippen LogP contribution in [0.3, 0.4) is 0 Å². The van der Waals surface area contributed by atoms with Gasteiger partial charge in [-0.1, -0.05) is 24.3 Å². The Morgan fingerprint density at radius 3 is 2.42 bits per heavy atom. The highest BCUT2D eigenvalue weighted by Gasteiger charge is 2.22. The van der Waals surface area contributed by atoms with Crippen LogP contribution in [0.5, 0.6) is 11.5 Å². The summed E-state index contributed by atoms with van der Waals surface area (Å²) >= 11 is 0. The van der Waals surface area contributed by atoms with Crippen LogP contribution in [0.2, 0.25) is 0 Å². The van der Waals surface area contributed by atoms with Crippen LogP contribution in [0.4, 0.5) is 5.69 Å². The number of phenols is 1. The number of hydrogen-bond donors (Lipinski definition) is 3. The second kappa shape index (κ2) is 7.50. The van der Waals surface area contributed by atoms with Crippen LogP contribution in [-0.2, 0) is 9.59 Å². The van der Waals surface area contributed by atoms with Gasteiger partial charge in [0.25, 0.3) is 5.91 Å². The third-order valence-electron chi connectivity index (χ3n) is 3.76. The molecule has 0 radical (unpaired) electrons. The zero-order valence-corrected chi connectivity index (χ0v) is 13.8. The van der Waals surface area contributed by atoms with Crippen molar-refractivity contribution in [2.45, 2.75) is 19.9 Å². The van der Waals surface area contributed by atoms with E-state index in [0.29, 0.717) is 23.4 Å². The molecule has 0 aromatic heterocycles. The smallest absolute Gasteiger partial charge is 0.251 e. The van der Waals surface area contributed by atoms with Gasteiger partial charge in [-0.05, 0) is 42.7 Å². The maximum absolute atomic E-state index is 12.6. The van der Waals surface area contributed by atoms with E-state index in [9.17, 15) is 14.7 Å². The lowest BCUT2D eigenvalue weighted by Gasteiger charge is -2.19. The van der Waals surface area contributed by atoms with E-state index >= 15 is 0 Å². The molecule has 0 aliphatic carbocycles. The van der Waals surface area contributed by atoms with E-state index in [-0.39, 0.29) is 5.75 Å². The fourth-order valence-corrected chi connectivity index (χ4v) is 2.48. The summed E-state index contributed by atoms with van der Waals surface area (Å²) in [5.41, 5.74) is 3.00. The van der Waals surface area contributed by atoms with E-state index in [1.807, 2.05) is 32.0 Å². The predicted molar refractivity (Wildman–Crippen MR) is 91.1 cm³/mol. The molecule has 2 aromatic carbocycles. The molecule has 0 saturated carbocycles. The Morgan fingerprint density at radius 1 is 1.21 bits per heavy atom. The highest BCUT2D eigenvalue weighted by molar-refractivity contribution is 5.97. The third kappa shape index (κ3) is 3.65. The first-order valence-corrected chi connectivity index (χ1v) is 7.41. The van der Waals surface area contributed by atoms with Gasteiger partial charge in [0.15, 0.2) is 11.5 Å². The number of rotatable bonds is 6. The minimum atomic E-state index is -0.932. The Labute approximate surface area is 140 Å². The van der Waals surface area contributed by atoms with Gasteiger partial charge in [-0.25, -0.2) is 0 Å². The average Bonchev–Trinajstić information content (AvgIpc) is 2.56. The van der Waals surface area contributed by atoms with Crippen LogP contribution in [0.1, 0.15) is 22.7 Å². The van der Waals surface area contributed by atoms with Crippen LogP contribution in [0.15, 0.2) is 36.4 Å². The fourth-order valence-electron chi connectivity index (χ4n) is 2.48. The van der Waals surface area contributed by atoms with Gasteiger partial charge in [0.1, 0.15) is 6.04 Å². The summed E-state index contributed by atoms with van der Waals surface area (Å²) in [4.78, 5) is 23.5. The lowest BCUT2D eigenvalue weighted by atomic mass is 10.0. The van der Waals surface area contributed by atoms with E-state index in [2.05, 4.69) is 10.6 Å². The van der Waals surface area contributed by atoms with E-state index in [4.69, 9.17) is 4.74 Å². The van der Waals surface area contributed by atoms with Crippen molar-refractivity contribution in [1.29, 1.82) is 0 Å². The first kappa shape index (κ1) is 17.3. The number of anilines is 1. The van der Waals surface area contributed by atoms with Crippen LogP contribution in [-0.4, -0.2) is 24.5 Å². The molecule has 3 N–H and O–H groups in total. The Hall–Kier alpha value is -3.02. The summed E-state index contributed by atoms with van der Waals surface area (Å²) in [6.45, 7) is 3.79. The Morgan fingerprint density at radius 2 is 1.88 bits per heavy atom. The molecule has 2 amide bonds. The van der Waals surface area contributed by atoms with Gasteiger partial charge in [-0.15, -0.1) is 0 Å². The standard InChI is InChI=1S/C18H20N2O4/c1-11-5-4-6-12(2)16(11)20-18(23)17(19-10-21)13-7-8-15(24-3)14(22)9-13/h4-10,17,22H,1-3H3,(H,19,21)(H,20,23). The lowest BCUT2D eigenvalue weighted by Crippen LogP contribution is -2.32. The summed E-state index contributed by atoms with van der Waals surface area (Å²) < 4.78 is 4.99. The topological polar surface area (TPSA) is 87.7 Å². The van der Waals surface area contributed by atoms with Crippen LogP contribution in [0, 0.1) is 13.8 Å². The largest absolute Gasteiger partial charge is 0.504 e. The van der Waals surface area contributed by atoms with Crippen molar-refractivity contribution in [3.8, 4) is 11.5 Å². The number of amides is 2. The SMILES string of the molecule is COc1ccc(C(NC=O)C(=O)Nc2c(C)cccc2C)cc1O. The number of hydrogen-bond acceptors (Lipinski definition) is 4. The number of aryl methyl sites for hydroxylation is 2. The Kier molecular flexibility index (Phi) is 5.42. The molecule has 24 heavy (non-hydrogen) atoms. The molecular formula is C18H20N2O4. The molecule has 0 bridgehead atoms. The first-order valence-electron chi connectivity index (χ1n) is 7.41. The van der Waals surface area contributed by atoms with E-state index in [0.717, 1.165) is 11.1 Å². The number of carbonyl (C=O) groups is 2. The van der Waals surface area contributed by atoms with Gasteiger partial charge >= 0.3 is 0 Å². The van der Waals surface area contributed by atoms with Crippen molar-refractivity contribution < 1.29 is 19.4 Å². The summed E-state index contributed by atoms with van der Waals surface area (Å²) in [6.07, 6.45) is 0.455. The van der Waals surface area contributed by atoms with Gasteiger partial charge in [0.05, 0.1) is 7.11 Å². The van der Waals surface area contributed by atoms with Gasteiger partial charge < -0.3 is 20.5 Å². The molecule has 126 valence electrons. The van der Waals surface area contributed by atoms with Gasteiger partial charge in [0, 0.05) is 5.69 Å². The number of ether oxygens (including phenoxy) is 1. The first-order chi connectivity index (χ1) is 11.5.